The third-order valence-corrected chi connectivity index (χ3v) is 7.04. The van der Waals surface area contributed by atoms with Crippen molar-refractivity contribution in [3.8, 4) is 17.3 Å². The van der Waals surface area contributed by atoms with Crippen LogP contribution in [0.4, 0.5) is 11.5 Å². The second-order valence-electron chi connectivity index (χ2n) is 9.65. The molecular formula is C25H37N7O2. The lowest BCUT2D eigenvalue weighted by atomic mass is 9.95. The van der Waals surface area contributed by atoms with Crippen molar-refractivity contribution >= 4 is 17.2 Å². The molecule has 1 aliphatic carbocycles. The molecule has 0 aromatic carbocycles. The van der Waals surface area contributed by atoms with Gasteiger partial charge in [0.1, 0.15) is 23.0 Å². The molecule has 9 heteroatoms. The molecular weight excluding hydrogens is 430 g/mol. The number of pyridine rings is 1. The molecule has 1 saturated heterocycles. The van der Waals surface area contributed by atoms with Gasteiger partial charge in [0.2, 0.25) is 5.88 Å². The van der Waals surface area contributed by atoms with Crippen LogP contribution < -0.4 is 20.5 Å². The molecule has 184 valence electrons. The summed E-state index contributed by atoms with van der Waals surface area (Å²) in [4.78, 5) is 29.9. The molecule has 1 aliphatic heterocycles. The number of hydrogen-bond acceptors (Lipinski definition) is 8. The molecule has 0 spiro atoms. The molecule has 34 heavy (non-hydrogen) atoms. The predicted octanol–water partition coefficient (Wildman–Crippen LogP) is 3.50. The maximum Gasteiger partial charge on any atom is 0.275 e. The van der Waals surface area contributed by atoms with E-state index in [4.69, 9.17) is 15.1 Å². The zero-order valence-corrected chi connectivity index (χ0v) is 20.8. The minimum atomic E-state index is -0.269. The van der Waals surface area contributed by atoms with E-state index in [1.807, 2.05) is 12.1 Å². The van der Waals surface area contributed by atoms with Crippen molar-refractivity contribution in [2.45, 2.75) is 64.0 Å². The summed E-state index contributed by atoms with van der Waals surface area (Å²) >= 11 is 0. The Morgan fingerprint density at radius 1 is 1.15 bits per heavy atom. The third kappa shape index (κ3) is 5.24. The van der Waals surface area contributed by atoms with E-state index in [-0.39, 0.29) is 17.3 Å². The monoisotopic (exact) mass is 467 g/mol. The lowest BCUT2D eigenvalue weighted by Gasteiger charge is -2.36. The molecule has 0 amide bonds. The Hall–Kier alpha value is -2.94. The molecule has 4 rings (SSSR count). The number of rotatable bonds is 7. The summed E-state index contributed by atoms with van der Waals surface area (Å²) in [6, 6.07) is 4.69. The highest BCUT2D eigenvalue weighted by molar-refractivity contribution is 5.99. The van der Waals surface area contributed by atoms with Gasteiger partial charge in [0.25, 0.3) is 5.56 Å². The highest BCUT2D eigenvalue weighted by atomic mass is 16.5. The quantitative estimate of drug-likeness (QED) is 0.535. The number of aromatic nitrogens is 3. The van der Waals surface area contributed by atoms with E-state index in [2.05, 4.69) is 39.2 Å². The maximum atomic E-state index is 13.1. The van der Waals surface area contributed by atoms with E-state index in [0.717, 1.165) is 57.4 Å². The molecule has 9 nitrogen and oxygen atoms in total. The van der Waals surface area contributed by atoms with Crippen molar-refractivity contribution in [2.75, 3.05) is 44.5 Å². The zero-order valence-electron chi connectivity index (χ0n) is 20.8. The second kappa shape index (κ2) is 10.5. The average Bonchev–Trinajstić information content (AvgIpc) is 2.85. The van der Waals surface area contributed by atoms with Crippen LogP contribution in [0.2, 0.25) is 0 Å². The minimum Gasteiger partial charge on any atom is -0.480 e. The lowest BCUT2D eigenvalue weighted by molar-refractivity contribution is 0.249. The standard InChI is InChI=1S/C25H37N7O2/c1-16(26)21-22(27-17-8-6-5-7-9-17)24(33)30-23(29-21)19-10-11-20(28-25(19)34-4)32-14-12-18(13-15-32)31(2)3/h10-11,17-18,26-27H,5-9,12-15H2,1-4H3,(H,29,30,33). The van der Waals surface area contributed by atoms with E-state index in [1.165, 1.54) is 6.42 Å². The summed E-state index contributed by atoms with van der Waals surface area (Å²) < 4.78 is 5.61. The summed E-state index contributed by atoms with van der Waals surface area (Å²) in [6.45, 7) is 3.53. The van der Waals surface area contributed by atoms with Crippen molar-refractivity contribution in [1.29, 1.82) is 5.41 Å². The van der Waals surface area contributed by atoms with E-state index in [0.29, 0.717) is 34.7 Å². The van der Waals surface area contributed by atoms with Crippen LogP contribution in [0, 0.1) is 5.41 Å². The molecule has 1 saturated carbocycles. The van der Waals surface area contributed by atoms with E-state index in [9.17, 15) is 4.79 Å². The maximum absolute atomic E-state index is 13.1. The number of anilines is 2. The number of nitrogens with zero attached hydrogens (tertiary/aromatic N) is 4. The Morgan fingerprint density at radius 2 is 1.85 bits per heavy atom. The Balaban J connectivity index is 1.62. The van der Waals surface area contributed by atoms with Crippen LogP contribution in [0.3, 0.4) is 0 Å². The molecule has 0 bridgehead atoms. The summed E-state index contributed by atoms with van der Waals surface area (Å²) in [5.74, 6) is 1.64. The van der Waals surface area contributed by atoms with Crippen molar-refractivity contribution < 1.29 is 4.74 Å². The first-order chi connectivity index (χ1) is 16.4. The summed E-state index contributed by atoms with van der Waals surface area (Å²) in [5, 5.41) is 11.6. The van der Waals surface area contributed by atoms with Gasteiger partial charge >= 0.3 is 0 Å². The molecule has 0 radical (unpaired) electrons. The van der Waals surface area contributed by atoms with Gasteiger partial charge in [-0.15, -0.1) is 0 Å². The summed E-state index contributed by atoms with van der Waals surface area (Å²) in [6.07, 6.45) is 7.78. The van der Waals surface area contributed by atoms with Crippen LogP contribution in [0.15, 0.2) is 16.9 Å². The van der Waals surface area contributed by atoms with Gasteiger partial charge in [-0.2, -0.15) is 4.98 Å². The van der Waals surface area contributed by atoms with Crippen LogP contribution >= 0.6 is 0 Å². The van der Waals surface area contributed by atoms with Crippen LogP contribution in [0.25, 0.3) is 11.4 Å². The fraction of sp³-hybridized carbons (Fsp3) is 0.600. The van der Waals surface area contributed by atoms with Crippen LogP contribution in [-0.2, 0) is 0 Å². The molecule has 2 aromatic rings. The van der Waals surface area contributed by atoms with Gasteiger partial charge in [0.05, 0.1) is 18.4 Å². The Morgan fingerprint density at radius 3 is 2.47 bits per heavy atom. The fourth-order valence-electron chi connectivity index (χ4n) is 5.01. The fourth-order valence-corrected chi connectivity index (χ4v) is 5.01. The molecule has 2 fully saturated rings. The number of aromatic amines is 1. The van der Waals surface area contributed by atoms with E-state index >= 15 is 0 Å². The number of H-pyrrole nitrogens is 1. The normalized spacial score (nSPS) is 17.7. The Labute approximate surface area is 201 Å². The van der Waals surface area contributed by atoms with Crippen molar-refractivity contribution in [3.05, 3.63) is 28.2 Å². The van der Waals surface area contributed by atoms with Gasteiger partial charge < -0.3 is 30.2 Å². The first kappa shape index (κ1) is 24.2. The average molecular weight is 468 g/mol. The van der Waals surface area contributed by atoms with Crippen molar-refractivity contribution in [2.24, 2.45) is 0 Å². The summed E-state index contributed by atoms with van der Waals surface area (Å²) in [7, 11) is 5.84. The summed E-state index contributed by atoms with van der Waals surface area (Å²) in [5.41, 5.74) is 1.35. The van der Waals surface area contributed by atoms with Gasteiger partial charge in [-0.25, -0.2) is 4.98 Å². The highest BCUT2D eigenvalue weighted by Gasteiger charge is 2.24. The van der Waals surface area contributed by atoms with Crippen LogP contribution in [-0.4, -0.2) is 71.9 Å². The van der Waals surface area contributed by atoms with Gasteiger partial charge in [0.15, 0.2) is 0 Å². The third-order valence-electron chi connectivity index (χ3n) is 7.04. The molecule has 0 atom stereocenters. The molecule has 0 unspecified atom stereocenters. The molecule has 2 aromatic heterocycles. The molecule has 2 aliphatic rings. The highest BCUT2D eigenvalue weighted by Crippen LogP contribution is 2.30. The lowest BCUT2D eigenvalue weighted by Crippen LogP contribution is -2.42. The second-order valence-corrected chi connectivity index (χ2v) is 9.65. The van der Waals surface area contributed by atoms with Crippen molar-refractivity contribution in [3.63, 3.8) is 0 Å². The smallest absolute Gasteiger partial charge is 0.275 e. The number of piperidine rings is 1. The molecule has 3 heterocycles. The minimum absolute atomic E-state index is 0.243. The van der Waals surface area contributed by atoms with E-state index in [1.54, 1.807) is 14.0 Å². The number of nitrogens with one attached hydrogen (secondary N) is 3. The van der Waals surface area contributed by atoms with Gasteiger partial charge in [-0.3, -0.25) is 4.79 Å². The van der Waals surface area contributed by atoms with Gasteiger partial charge in [-0.1, -0.05) is 19.3 Å². The van der Waals surface area contributed by atoms with Crippen LogP contribution in [0.1, 0.15) is 57.6 Å². The largest absolute Gasteiger partial charge is 0.480 e. The Kier molecular flexibility index (Phi) is 7.50. The molecule has 3 N–H and O–H groups in total. The number of methoxy groups -OCH3 is 1. The first-order valence-corrected chi connectivity index (χ1v) is 12.3. The van der Waals surface area contributed by atoms with Crippen molar-refractivity contribution in [1.82, 2.24) is 19.9 Å². The number of ether oxygens (including phenoxy) is 1. The van der Waals surface area contributed by atoms with Gasteiger partial charge in [0, 0.05) is 25.2 Å². The number of hydrogen-bond donors (Lipinski definition) is 3. The zero-order chi connectivity index (χ0) is 24.2. The first-order valence-electron chi connectivity index (χ1n) is 12.3. The predicted molar refractivity (Wildman–Crippen MR) is 137 cm³/mol. The van der Waals surface area contributed by atoms with Crippen LogP contribution in [0.5, 0.6) is 5.88 Å². The topological polar surface area (TPSA) is 110 Å². The van der Waals surface area contributed by atoms with E-state index < -0.39 is 0 Å². The Bertz CT molecular complexity index is 1070. The van der Waals surface area contributed by atoms with Gasteiger partial charge in [-0.05, 0) is 58.8 Å². The SMILES string of the molecule is COc1nc(N2CCC(N(C)C)CC2)ccc1-c1nc(C(C)=N)c(NC2CCCCC2)c(=O)[nH]1.